The van der Waals surface area contributed by atoms with Gasteiger partial charge in [0.15, 0.2) is 15.6 Å². The summed E-state index contributed by atoms with van der Waals surface area (Å²) in [6, 6.07) is 4.33. The maximum atomic E-state index is 12.7. The van der Waals surface area contributed by atoms with Crippen LogP contribution in [0.1, 0.15) is 19.8 Å². The summed E-state index contributed by atoms with van der Waals surface area (Å²) in [7, 11) is -3.75. The summed E-state index contributed by atoms with van der Waals surface area (Å²) in [5.74, 6) is -2.03. The molecule has 0 fully saturated rings. The van der Waals surface area contributed by atoms with Crippen LogP contribution in [0.25, 0.3) is 0 Å². The van der Waals surface area contributed by atoms with E-state index in [1.165, 1.54) is 0 Å². The second kappa shape index (κ2) is 6.49. The topological polar surface area (TPSA) is 60.4 Å². The molecule has 0 aliphatic carbocycles. The van der Waals surface area contributed by atoms with Gasteiger partial charge in [-0.3, -0.25) is 4.79 Å². The predicted molar refractivity (Wildman–Crippen MR) is 64.3 cm³/mol. The Morgan fingerprint density at radius 2 is 1.89 bits per heavy atom. The van der Waals surface area contributed by atoms with Gasteiger partial charge in [0.25, 0.3) is 0 Å². The van der Waals surface area contributed by atoms with E-state index >= 15 is 0 Å². The fourth-order valence-corrected chi connectivity index (χ4v) is 2.36. The van der Waals surface area contributed by atoms with E-state index in [0.29, 0.717) is 6.42 Å². The monoisotopic (exact) mass is 274 g/mol. The molecule has 0 amide bonds. The number of unbranched alkanes of at least 4 members (excludes halogenated alkanes) is 1. The molecule has 0 N–H and O–H groups in total. The first-order chi connectivity index (χ1) is 8.45. The number of ether oxygens (including phenoxy) is 1. The van der Waals surface area contributed by atoms with Crippen LogP contribution in [0.15, 0.2) is 29.2 Å². The number of carbonyl (C=O) groups is 1. The molecular weight excluding hydrogens is 259 g/mol. The highest BCUT2D eigenvalue weighted by Gasteiger charge is 2.20. The van der Waals surface area contributed by atoms with Crippen molar-refractivity contribution in [2.24, 2.45) is 0 Å². The molecular formula is C12H15FO4S. The summed E-state index contributed by atoms with van der Waals surface area (Å²) < 4.78 is 41.0. The predicted octanol–water partition coefficient (Wildman–Crippen LogP) is 1.94. The Balaban J connectivity index is 2.64. The standard InChI is InChI=1S/C12H15FO4S/c1-2-3-8-17-12(14)9-18(15,16)11-6-4-10(13)5-7-11/h4-7H,2-3,8-9H2,1H3. The molecule has 100 valence electrons. The van der Waals surface area contributed by atoms with Gasteiger partial charge in [-0.25, -0.2) is 12.8 Å². The lowest BCUT2D eigenvalue weighted by atomic mass is 10.4. The molecule has 0 aliphatic heterocycles. The summed E-state index contributed by atoms with van der Waals surface area (Å²) in [5.41, 5.74) is 0. The molecule has 1 aromatic rings. The van der Waals surface area contributed by atoms with Gasteiger partial charge in [-0.15, -0.1) is 0 Å². The van der Waals surface area contributed by atoms with E-state index in [-0.39, 0.29) is 11.5 Å². The third-order valence-electron chi connectivity index (χ3n) is 2.24. The van der Waals surface area contributed by atoms with Crippen molar-refractivity contribution in [1.29, 1.82) is 0 Å². The number of hydrogen-bond donors (Lipinski definition) is 0. The number of benzene rings is 1. The van der Waals surface area contributed by atoms with Crippen LogP contribution < -0.4 is 0 Å². The van der Waals surface area contributed by atoms with Crippen molar-refractivity contribution in [2.75, 3.05) is 12.4 Å². The molecule has 0 spiro atoms. The quantitative estimate of drug-likeness (QED) is 0.452. The summed E-state index contributed by atoms with van der Waals surface area (Å²) in [5, 5.41) is 0. The third kappa shape index (κ3) is 4.44. The highest BCUT2D eigenvalue weighted by atomic mass is 32.2. The van der Waals surface area contributed by atoms with Gasteiger partial charge in [-0.2, -0.15) is 0 Å². The zero-order valence-corrected chi connectivity index (χ0v) is 10.9. The fraction of sp³-hybridized carbons (Fsp3) is 0.417. The average Bonchev–Trinajstić information content (AvgIpc) is 2.29. The molecule has 0 bridgehead atoms. The Labute approximate surface area is 106 Å². The van der Waals surface area contributed by atoms with Crippen molar-refractivity contribution < 1.29 is 22.3 Å². The van der Waals surface area contributed by atoms with Gasteiger partial charge in [-0.1, -0.05) is 13.3 Å². The average molecular weight is 274 g/mol. The first-order valence-electron chi connectivity index (χ1n) is 5.59. The zero-order valence-electron chi connectivity index (χ0n) is 10.1. The Morgan fingerprint density at radius 3 is 2.44 bits per heavy atom. The molecule has 1 aromatic carbocycles. The molecule has 0 saturated carbocycles. The van der Waals surface area contributed by atoms with E-state index in [9.17, 15) is 17.6 Å². The summed E-state index contributed by atoms with van der Waals surface area (Å²) in [6.07, 6.45) is 1.56. The van der Waals surface area contributed by atoms with Gasteiger partial charge in [-0.05, 0) is 30.7 Å². The maximum absolute atomic E-state index is 12.7. The van der Waals surface area contributed by atoms with Crippen LogP contribution in [-0.2, 0) is 19.4 Å². The molecule has 6 heteroatoms. The Morgan fingerprint density at radius 1 is 1.28 bits per heavy atom. The van der Waals surface area contributed by atoms with Gasteiger partial charge in [0.1, 0.15) is 5.82 Å². The van der Waals surface area contributed by atoms with Gasteiger partial charge in [0.2, 0.25) is 0 Å². The maximum Gasteiger partial charge on any atom is 0.321 e. The normalized spacial score (nSPS) is 11.2. The lowest BCUT2D eigenvalue weighted by Gasteiger charge is -2.05. The molecule has 4 nitrogen and oxygen atoms in total. The molecule has 0 aromatic heterocycles. The third-order valence-corrected chi connectivity index (χ3v) is 3.85. The van der Waals surface area contributed by atoms with Crippen molar-refractivity contribution in [2.45, 2.75) is 24.7 Å². The number of halogens is 1. The Kier molecular flexibility index (Phi) is 5.27. The van der Waals surface area contributed by atoms with Crippen LogP contribution in [0, 0.1) is 5.82 Å². The van der Waals surface area contributed by atoms with Crippen molar-refractivity contribution in [1.82, 2.24) is 0 Å². The Bertz CT molecular complexity index is 493. The van der Waals surface area contributed by atoms with Gasteiger partial charge in [0, 0.05) is 0 Å². The first kappa shape index (κ1) is 14.6. The zero-order chi connectivity index (χ0) is 13.6. The van der Waals surface area contributed by atoms with Crippen LogP contribution in [0.2, 0.25) is 0 Å². The second-order valence-electron chi connectivity index (χ2n) is 3.79. The van der Waals surface area contributed by atoms with Crippen molar-refractivity contribution in [3.8, 4) is 0 Å². The van der Waals surface area contributed by atoms with E-state index in [4.69, 9.17) is 4.74 Å². The molecule has 0 aliphatic rings. The molecule has 0 unspecified atom stereocenters. The Hall–Kier alpha value is -1.43. The molecule has 0 saturated heterocycles. The molecule has 18 heavy (non-hydrogen) atoms. The van der Waals surface area contributed by atoms with Crippen LogP contribution in [-0.4, -0.2) is 26.7 Å². The molecule has 0 atom stereocenters. The highest BCUT2D eigenvalue weighted by Crippen LogP contribution is 2.12. The van der Waals surface area contributed by atoms with Gasteiger partial charge >= 0.3 is 5.97 Å². The summed E-state index contributed by atoms with van der Waals surface area (Å²) >= 11 is 0. The van der Waals surface area contributed by atoms with E-state index in [1.54, 1.807) is 0 Å². The smallest absolute Gasteiger partial charge is 0.321 e. The minimum absolute atomic E-state index is 0.0867. The molecule has 1 rings (SSSR count). The van der Waals surface area contributed by atoms with Gasteiger partial charge < -0.3 is 4.74 Å². The minimum atomic E-state index is -3.75. The van der Waals surface area contributed by atoms with E-state index in [1.807, 2.05) is 6.92 Å². The number of sulfone groups is 1. The van der Waals surface area contributed by atoms with Crippen LogP contribution >= 0.6 is 0 Å². The number of rotatable bonds is 6. The van der Waals surface area contributed by atoms with Crippen LogP contribution in [0.5, 0.6) is 0 Å². The van der Waals surface area contributed by atoms with E-state index in [0.717, 1.165) is 30.7 Å². The largest absolute Gasteiger partial charge is 0.465 e. The van der Waals surface area contributed by atoms with E-state index in [2.05, 4.69) is 0 Å². The molecule has 0 heterocycles. The SMILES string of the molecule is CCCCOC(=O)CS(=O)(=O)c1ccc(F)cc1. The minimum Gasteiger partial charge on any atom is -0.465 e. The fourth-order valence-electron chi connectivity index (χ4n) is 1.25. The highest BCUT2D eigenvalue weighted by molar-refractivity contribution is 7.92. The van der Waals surface area contributed by atoms with Gasteiger partial charge in [0.05, 0.1) is 11.5 Å². The van der Waals surface area contributed by atoms with Crippen LogP contribution in [0.4, 0.5) is 4.39 Å². The molecule has 0 radical (unpaired) electrons. The van der Waals surface area contributed by atoms with Crippen molar-refractivity contribution >= 4 is 15.8 Å². The lowest BCUT2D eigenvalue weighted by molar-refractivity contribution is -0.140. The first-order valence-corrected chi connectivity index (χ1v) is 7.25. The second-order valence-corrected chi connectivity index (χ2v) is 5.78. The van der Waals surface area contributed by atoms with Crippen molar-refractivity contribution in [3.63, 3.8) is 0 Å². The summed E-state index contributed by atoms with van der Waals surface area (Å²) in [4.78, 5) is 11.2. The number of hydrogen-bond acceptors (Lipinski definition) is 4. The van der Waals surface area contributed by atoms with Crippen LogP contribution in [0.3, 0.4) is 0 Å². The number of carbonyl (C=O) groups excluding carboxylic acids is 1. The lowest BCUT2D eigenvalue weighted by Crippen LogP contribution is -2.19. The summed E-state index contributed by atoms with van der Waals surface area (Å²) in [6.45, 7) is 2.15. The van der Waals surface area contributed by atoms with E-state index < -0.39 is 27.4 Å². The van der Waals surface area contributed by atoms with Crippen molar-refractivity contribution in [3.05, 3.63) is 30.1 Å². The number of esters is 1.